The van der Waals surface area contributed by atoms with Gasteiger partial charge in [0.05, 0.1) is 6.61 Å². The van der Waals surface area contributed by atoms with Crippen LogP contribution < -0.4 is 9.64 Å². The van der Waals surface area contributed by atoms with Crippen LogP contribution in [-0.4, -0.2) is 34.9 Å². The molecular formula is C14H15F3N4OS. The van der Waals surface area contributed by atoms with E-state index in [1.807, 2.05) is 0 Å². The fraction of sp³-hybridized carbons (Fsp3) is 0.500. The molecule has 0 spiro atoms. The van der Waals surface area contributed by atoms with Gasteiger partial charge in [-0.05, 0) is 24.8 Å². The van der Waals surface area contributed by atoms with Gasteiger partial charge in [-0.3, -0.25) is 0 Å². The Hall–Kier alpha value is -1.90. The average Bonchev–Trinajstić information content (AvgIpc) is 3.07. The predicted octanol–water partition coefficient (Wildman–Crippen LogP) is 3.25. The van der Waals surface area contributed by atoms with Crippen molar-refractivity contribution in [3.8, 4) is 5.88 Å². The standard InChI is InChI=1S/C14H15F3N4OS/c15-14(16,17)11-2-1-3-12(19-11)22-8-10-4-6-21(7-5-10)13-20-18-9-23-13/h1-3,9-10H,4-8H2. The second kappa shape index (κ2) is 6.69. The molecule has 23 heavy (non-hydrogen) atoms. The van der Waals surface area contributed by atoms with E-state index in [1.165, 1.54) is 23.5 Å². The first-order valence-corrected chi connectivity index (χ1v) is 8.08. The summed E-state index contributed by atoms with van der Waals surface area (Å²) >= 11 is 1.50. The Balaban J connectivity index is 1.50. The topological polar surface area (TPSA) is 51.1 Å². The Kier molecular flexibility index (Phi) is 4.65. The van der Waals surface area contributed by atoms with Crippen LogP contribution in [0.4, 0.5) is 18.3 Å². The van der Waals surface area contributed by atoms with E-state index in [2.05, 4.69) is 20.1 Å². The van der Waals surface area contributed by atoms with E-state index in [4.69, 9.17) is 4.74 Å². The number of hydrogen-bond donors (Lipinski definition) is 0. The van der Waals surface area contributed by atoms with Crippen molar-refractivity contribution in [3.05, 3.63) is 29.4 Å². The summed E-state index contributed by atoms with van der Waals surface area (Å²) in [5.41, 5.74) is 0.769. The summed E-state index contributed by atoms with van der Waals surface area (Å²) < 4.78 is 43.3. The lowest BCUT2D eigenvalue weighted by atomic mass is 9.98. The zero-order valence-corrected chi connectivity index (χ0v) is 13.0. The number of halogens is 3. The van der Waals surface area contributed by atoms with E-state index < -0.39 is 11.9 Å². The van der Waals surface area contributed by atoms with Crippen molar-refractivity contribution in [1.29, 1.82) is 0 Å². The Morgan fingerprint density at radius 1 is 1.26 bits per heavy atom. The van der Waals surface area contributed by atoms with Gasteiger partial charge in [0.15, 0.2) is 0 Å². The number of alkyl halides is 3. The predicted molar refractivity (Wildman–Crippen MR) is 79.6 cm³/mol. The van der Waals surface area contributed by atoms with Gasteiger partial charge in [-0.2, -0.15) is 13.2 Å². The zero-order chi connectivity index (χ0) is 16.3. The smallest absolute Gasteiger partial charge is 0.433 e. The number of ether oxygens (including phenoxy) is 1. The molecule has 5 nitrogen and oxygen atoms in total. The van der Waals surface area contributed by atoms with E-state index in [-0.39, 0.29) is 5.88 Å². The number of piperidine rings is 1. The van der Waals surface area contributed by atoms with E-state index in [0.717, 1.165) is 37.1 Å². The van der Waals surface area contributed by atoms with E-state index in [1.54, 1.807) is 5.51 Å². The average molecular weight is 344 g/mol. The molecule has 124 valence electrons. The minimum Gasteiger partial charge on any atom is -0.477 e. The number of pyridine rings is 1. The maximum atomic E-state index is 12.6. The molecule has 0 saturated carbocycles. The lowest BCUT2D eigenvalue weighted by molar-refractivity contribution is -0.141. The molecule has 0 aliphatic carbocycles. The number of aromatic nitrogens is 3. The van der Waals surface area contributed by atoms with Gasteiger partial charge in [0, 0.05) is 19.2 Å². The van der Waals surface area contributed by atoms with Crippen LogP contribution in [0.25, 0.3) is 0 Å². The Morgan fingerprint density at radius 3 is 2.70 bits per heavy atom. The van der Waals surface area contributed by atoms with Crippen molar-refractivity contribution in [2.75, 3.05) is 24.6 Å². The molecule has 0 amide bonds. The van der Waals surface area contributed by atoms with Crippen molar-refractivity contribution >= 4 is 16.5 Å². The van der Waals surface area contributed by atoms with Crippen molar-refractivity contribution < 1.29 is 17.9 Å². The summed E-state index contributed by atoms with van der Waals surface area (Å²) in [7, 11) is 0. The van der Waals surface area contributed by atoms with Gasteiger partial charge in [-0.15, -0.1) is 10.2 Å². The quantitative estimate of drug-likeness (QED) is 0.852. The first-order valence-electron chi connectivity index (χ1n) is 7.20. The summed E-state index contributed by atoms with van der Waals surface area (Å²) in [6, 6.07) is 3.70. The maximum Gasteiger partial charge on any atom is 0.433 e. The first kappa shape index (κ1) is 16.0. The van der Waals surface area contributed by atoms with Crippen LogP contribution in [-0.2, 0) is 6.18 Å². The number of nitrogens with zero attached hydrogens (tertiary/aromatic N) is 4. The van der Waals surface area contributed by atoms with Crippen LogP contribution in [0.3, 0.4) is 0 Å². The van der Waals surface area contributed by atoms with Crippen LogP contribution in [0, 0.1) is 5.92 Å². The highest BCUT2D eigenvalue weighted by Crippen LogP contribution is 2.29. The van der Waals surface area contributed by atoms with Crippen molar-refractivity contribution in [2.45, 2.75) is 19.0 Å². The molecule has 1 aliphatic rings. The molecule has 2 aromatic rings. The van der Waals surface area contributed by atoms with E-state index in [9.17, 15) is 13.2 Å². The van der Waals surface area contributed by atoms with Crippen LogP contribution in [0.2, 0.25) is 0 Å². The van der Waals surface area contributed by atoms with Crippen molar-refractivity contribution in [3.63, 3.8) is 0 Å². The highest BCUT2D eigenvalue weighted by atomic mass is 32.1. The van der Waals surface area contributed by atoms with Crippen LogP contribution >= 0.6 is 11.3 Å². The number of hydrogen-bond acceptors (Lipinski definition) is 6. The third kappa shape index (κ3) is 4.10. The normalized spacial score (nSPS) is 16.6. The monoisotopic (exact) mass is 344 g/mol. The highest BCUT2D eigenvalue weighted by molar-refractivity contribution is 7.13. The molecule has 0 radical (unpaired) electrons. The van der Waals surface area contributed by atoms with Crippen molar-refractivity contribution in [1.82, 2.24) is 15.2 Å². The lowest BCUT2D eigenvalue weighted by Crippen LogP contribution is -2.35. The maximum absolute atomic E-state index is 12.6. The fourth-order valence-corrected chi connectivity index (χ4v) is 3.07. The minimum absolute atomic E-state index is 0.0198. The van der Waals surface area contributed by atoms with Gasteiger partial charge < -0.3 is 9.64 Å². The number of anilines is 1. The Morgan fingerprint density at radius 2 is 2.04 bits per heavy atom. The van der Waals surface area contributed by atoms with Crippen LogP contribution in [0.15, 0.2) is 23.7 Å². The number of rotatable bonds is 4. The summed E-state index contributed by atoms with van der Waals surface area (Å²) in [5.74, 6) is 0.321. The molecule has 2 aromatic heterocycles. The molecule has 1 fully saturated rings. The molecule has 1 aliphatic heterocycles. The summed E-state index contributed by atoms with van der Waals surface area (Å²) in [5, 5.41) is 8.77. The second-order valence-corrected chi connectivity index (χ2v) is 6.13. The fourth-order valence-electron chi connectivity index (χ4n) is 2.45. The molecule has 3 rings (SSSR count). The van der Waals surface area contributed by atoms with Crippen molar-refractivity contribution in [2.24, 2.45) is 5.92 Å². The SMILES string of the molecule is FC(F)(F)c1cccc(OCC2CCN(c3nncs3)CC2)n1. The van der Waals surface area contributed by atoms with Gasteiger partial charge in [0.25, 0.3) is 0 Å². The van der Waals surface area contributed by atoms with Gasteiger partial charge >= 0.3 is 6.18 Å². The van der Waals surface area contributed by atoms with Gasteiger partial charge in [0.1, 0.15) is 11.2 Å². The summed E-state index contributed by atoms with van der Waals surface area (Å²) in [4.78, 5) is 5.67. The minimum atomic E-state index is -4.45. The van der Waals surface area contributed by atoms with Gasteiger partial charge in [0.2, 0.25) is 11.0 Å². The molecule has 0 aromatic carbocycles. The molecule has 3 heterocycles. The Labute approximate surface area is 135 Å². The zero-order valence-electron chi connectivity index (χ0n) is 12.2. The first-order chi connectivity index (χ1) is 11.0. The Bertz CT molecular complexity index is 627. The van der Waals surface area contributed by atoms with E-state index >= 15 is 0 Å². The summed E-state index contributed by atoms with van der Waals surface area (Å²) in [6.45, 7) is 2.07. The molecule has 1 saturated heterocycles. The molecular weight excluding hydrogens is 329 g/mol. The lowest BCUT2D eigenvalue weighted by Gasteiger charge is -2.31. The van der Waals surface area contributed by atoms with Crippen LogP contribution in [0.5, 0.6) is 5.88 Å². The molecule has 9 heteroatoms. The van der Waals surface area contributed by atoms with E-state index in [0.29, 0.717) is 12.5 Å². The van der Waals surface area contributed by atoms with Gasteiger partial charge in [-0.25, -0.2) is 4.98 Å². The molecule has 0 bridgehead atoms. The highest BCUT2D eigenvalue weighted by Gasteiger charge is 2.32. The largest absolute Gasteiger partial charge is 0.477 e. The second-order valence-electron chi connectivity index (χ2n) is 5.32. The third-order valence-corrected chi connectivity index (χ3v) is 4.46. The third-order valence-electron chi connectivity index (χ3n) is 3.71. The molecule has 0 N–H and O–H groups in total. The summed E-state index contributed by atoms with van der Waals surface area (Å²) in [6.07, 6.45) is -2.65. The van der Waals surface area contributed by atoms with Crippen LogP contribution in [0.1, 0.15) is 18.5 Å². The van der Waals surface area contributed by atoms with Gasteiger partial charge in [-0.1, -0.05) is 17.4 Å². The molecule has 0 atom stereocenters. The molecule has 0 unspecified atom stereocenters.